The molecule has 0 radical (unpaired) electrons. The molecule has 2 aliphatic carbocycles. The average molecular weight is 418 g/mol. The van der Waals surface area contributed by atoms with Gasteiger partial charge in [-0.15, -0.1) is 0 Å². The summed E-state index contributed by atoms with van der Waals surface area (Å²) in [5, 5.41) is 0. The van der Waals surface area contributed by atoms with E-state index in [2.05, 4.69) is 6.92 Å². The molecule has 2 heterocycles. The molecule has 0 spiro atoms. The summed E-state index contributed by atoms with van der Waals surface area (Å²) < 4.78 is 21.9. The lowest BCUT2D eigenvalue weighted by Crippen LogP contribution is -2.64. The monoisotopic (exact) mass is 418 g/mol. The van der Waals surface area contributed by atoms with E-state index in [0.717, 1.165) is 12.0 Å². The molecule has 0 unspecified atom stereocenters. The van der Waals surface area contributed by atoms with Gasteiger partial charge in [-0.05, 0) is 48.5 Å². The first-order valence-electron chi connectivity index (χ1n) is 10.6. The molecular weight excluding hydrogens is 388 g/mol. The number of esters is 2. The number of furan rings is 1. The fraction of sp³-hybridized carbons (Fsp3) is 0.696. The number of cyclic esters (lactones) is 1. The maximum atomic E-state index is 13.7. The van der Waals surface area contributed by atoms with E-state index in [-0.39, 0.29) is 29.0 Å². The Morgan fingerprint density at radius 3 is 2.67 bits per heavy atom. The first-order valence-corrected chi connectivity index (χ1v) is 10.6. The lowest BCUT2D eigenvalue weighted by atomic mass is 9.43. The van der Waals surface area contributed by atoms with Crippen LogP contribution >= 0.6 is 0 Å². The molecule has 1 aromatic heterocycles. The van der Waals surface area contributed by atoms with Gasteiger partial charge < -0.3 is 18.6 Å². The smallest absolute Gasteiger partial charge is 0.310 e. The molecule has 3 aliphatic rings. The summed E-state index contributed by atoms with van der Waals surface area (Å²) in [4.78, 5) is 38.4. The van der Waals surface area contributed by atoms with E-state index in [9.17, 15) is 14.4 Å². The highest BCUT2D eigenvalue weighted by atomic mass is 16.6. The van der Waals surface area contributed by atoms with Crippen LogP contribution in [-0.4, -0.2) is 37.5 Å². The van der Waals surface area contributed by atoms with E-state index in [1.807, 2.05) is 6.92 Å². The summed E-state index contributed by atoms with van der Waals surface area (Å²) in [6, 6.07) is 1.79. The minimum atomic E-state index is -0.804. The summed E-state index contributed by atoms with van der Waals surface area (Å²) in [6.07, 6.45) is 4.27. The maximum absolute atomic E-state index is 13.7. The zero-order chi connectivity index (χ0) is 21.7. The van der Waals surface area contributed by atoms with Crippen molar-refractivity contribution >= 4 is 17.7 Å². The van der Waals surface area contributed by atoms with Crippen molar-refractivity contribution in [1.29, 1.82) is 0 Å². The quantitative estimate of drug-likeness (QED) is 0.691. The molecule has 1 aliphatic heterocycles. The van der Waals surface area contributed by atoms with Crippen molar-refractivity contribution in [3.63, 3.8) is 0 Å². The summed E-state index contributed by atoms with van der Waals surface area (Å²) in [6.45, 7) is 5.97. The molecule has 7 heteroatoms. The highest BCUT2D eigenvalue weighted by Gasteiger charge is 2.66. The van der Waals surface area contributed by atoms with Crippen LogP contribution in [0.3, 0.4) is 0 Å². The third-order valence-electron chi connectivity index (χ3n) is 7.88. The van der Waals surface area contributed by atoms with Crippen molar-refractivity contribution in [2.75, 3.05) is 13.7 Å². The summed E-state index contributed by atoms with van der Waals surface area (Å²) in [7, 11) is 1.65. The van der Waals surface area contributed by atoms with Gasteiger partial charge in [-0.3, -0.25) is 14.4 Å². The normalized spacial score (nSPS) is 40.9. The fourth-order valence-corrected chi connectivity index (χ4v) is 6.52. The number of rotatable bonds is 4. The van der Waals surface area contributed by atoms with E-state index >= 15 is 0 Å². The van der Waals surface area contributed by atoms with E-state index in [4.69, 9.17) is 18.6 Å². The highest BCUT2D eigenvalue weighted by molar-refractivity contribution is 5.91. The molecule has 0 N–H and O–H groups in total. The van der Waals surface area contributed by atoms with Gasteiger partial charge >= 0.3 is 11.9 Å². The Morgan fingerprint density at radius 1 is 1.27 bits per heavy atom. The summed E-state index contributed by atoms with van der Waals surface area (Å²) in [5.74, 6) is -1.54. The van der Waals surface area contributed by atoms with Crippen LogP contribution < -0.4 is 0 Å². The predicted molar refractivity (Wildman–Crippen MR) is 105 cm³/mol. The van der Waals surface area contributed by atoms with E-state index in [0.29, 0.717) is 25.9 Å². The molecular formula is C23H30O7. The van der Waals surface area contributed by atoms with Gasteiger partial charge in [0, 0.05) is 32.1 Å². The van der Waals surface area contributed by atoms with Crippen LogP contribution in [-0.2, 0) is 28.6 Å². The Hall–Kier alpha value is -2.15. The van der Waals surface area contributed by atoms with Gasteiger partial charge in [0.2, 0.25) is 0 Å². The van der Waals surface area contributed by atoms with Crippen LogP contribution in [0.2, 0.25) is 0 Å². The van der Waals surface area contributed by atoms with Crippen LogP contribution in [0, 0.1) is 28.6 Å². The highest BCUT2D eigenvalue weighted by Crippen LogP contribution is 2.65. The molecule has 0 bridgehead atoms. The van der Waals surface area contributed by atoms with E-state index in [1.54, 1.807) is 25.7 Å². The largest absolute Gasteiger partial charge is 0.472 e. The first-order chi connectivity index (χ1) is 14.2. The molecule has 164 valence electrons. The van der Waals surface area contributed by atoms with Gasteiger partial charge in [-0.25, -0.2) is 0 Å². The Morgan fingerprint density at radius 2 is 2.03 bits per heavy atom. The maximum Gasteiger partial charge on any atom is 0.310 e. The lowest BCUT2D eigenvalue weighted by Gasteiger charge is -2.61. The molecule has 0 amide bonds. The Bertz CT molecular complexity index is 831. The lowest BCUT2D eigenvalue weighted by molar-refractivity contribution is -0.210. The number of ether oxygens (including phenoxy) is 3. The minimum absolute atomic E-state index is 0.0534. The second kappa shape index (κ2) is 7.52. The molecule has 0 aromatic carbocycles. The number of hydrogen-bond donors (Lipinski definition) is 0. The number of carbonyl (C=O) groups excluding carboxylic acids is 3. The van der Waals surface area contributed by atoms with Crippen molar-refractivity contribution in [3.8, 4) is 0 Å². The number of methoxy groups -OCH3 is 1. The van der Waals surface area contributed by atoms with E-state index in [1.165, 1.54) is 6.92 Å². The van der Waals surface area contributed by atoms with Crippen LogP contribution in [0.4, 0.5) is 0 Å². The number of hydrogen-bond acceptors (Lipinski definition) is 7. The average Bonchev–Trinajstić information content (AvgIpc) is 3.19. The molecule has 7 nitrogen and oxygen atoms in total. The van der Waals surface area contributed by atoms with Crippen molar-refractivity contribution in [3.05, 3.63) is 24.2 Å². The van der Waals surface area contributed by atoms with E-state index < -0.39 is 29.5 Å². The topological polar surface area (TPSA) is 92.0 Å². The summed E-state index contributed by atoms with van der Waals surface area (Å²) >= 11 is 0. The summed E-state index contributed by atoms with van der Waals surface area (Å²) in [5.41, 5.74) is -0.150. The second-order valence-electron chi connectivity index (χ2n) is 9.61. The van der Waals surface area contributed by atoms with Gasteiger partial charge in [0.1, 0.15) is 6.10 Å². The van der Waals surface area contributed by atoms with Gasteiger partial charge in [0.25, 0.3) is 0 Å². The van der Waals surface area contributed by atoms with Gasteiger partial charge in [-0.1, -0.05) is 13.8 Å². The Kier molecular flexibility index (Phi) is 5.29. The van der Waals surface area contributed by atoms with Gasteiger partial charge in [0.05, 0.1) is 18.4 Å². The SMILES string of the molecule is COC[C@@H]1C[C@H](OC(C)=O)C(=O)[C@H]2[C@@]1(C)CC[C@H]1C(=O)O[C@H](c3ccoc3)C[C@]21C. The molecule has 30 heavy (non-hydrogen) atoms. The molecule has 7 atom stereocenters. The molecule has 4 rings (SSSR count). The van der Waals surface area contributed by atoms with Crippen molar-refractivity contribution < 1.29 is 33.0 Å². The number of carbonyl (C=O) groups is 3. The van der Waals surface area contributed by atoms with Crippen LogP contribution in [0.15, 0.2) is 23.0 Å². The van der Waals surface area contributed by atoms with Gasteiger partial charge in [0.15, 0.2) is 11.9 Å². The van der Waals surface area contributed by atoms with Crippen molar-refractivity contribution in [1.82, 2.24) is 0 Å². The molecule has 3 fully saturated rings. The number of Topliss-reactive ketones (excluding diaryl/α,β-unsaturated/α-hetero) is 1. The zero-order valence-corrected chi connectivity index (χ0v) is 18.0. The van der Waals surface area contributed by atoms with Crippen LogP contribution in [0.5, 0.6) is 0 Å². The number of ketones is 1. The fourth-order valence-electron chi connectivity index (χ4n) is 6.52. The Balaban J connectivity index is 1.76. The van der Waals surface area contributed by atoms with Crippen molar-refractivity contribution in [2.24, 2.45) is 28.6 Å². The Labute approximate surface area is 176 Å². The zero-order valence-electron chi connectivity index (χ0n) is 18.0. The van der Waals surface area contributed by atoms with Crippen molar-refractivity contribution in [2.45, 2.75) is 58.7 Å². The first kappa shape index (κ1) is 21.1. The minimum Gasteiger partial charge on any atom is -0.472 e. The van der Waals surface area contributed by atoms with Gasteiger partial charge in [-0.2, -0.15) is 0 Å². The molecule has 1 saturated heterocycles. The third kappa shape index (κ3) is 3.18. The molecule has 1 aromatic rings. The second-order valence-corrected chi connectivity index (χ2v) is 9.61. The van der Waals surface area contributed by atoms with Crippen LogP contribution in [0.1, 0.15) is 58.1 Å². The molecule has 2 saturated carbocycles. The predicted octanol–water partition coefficient (Wildman–Crippen LogP) is 3.47. The number of fused-ring (bicyclic) bond motifs is 3. The van der Waals surface area contributed by atoms with Crippen LogP contribution in [0.25, 0.3) is 0 Å². The third-order valence-corrected chi connectivity index (χ3v) is 7.88. The standard InChI is InChI=1S/C23H30O7/c1-13(24)29-17-9-15(12-27-4)22(2)7-5-16-21(26)30-18(14-6-8-28-11-14)10-23(16,3)20(22)19(17)25/h6,8,11,15-18,20H,5,7,9-10,12H2,1-4H3/t15-,16-,17-,18-,20-,22-,23-/m0/s1.